The average molecular weight is 393 g/mol. The van der Waals surface area contributed by atoms with Crippen molar-refractivity contribution in [2.45, 2.75) is 50.0 Å². The van der Waals surface area contributed by atoms with E-state index in [1.165, 1.54) is 0 Å². The lowest BCUT2D eigenvalue weighted by atomic mass is 9.98. The third kappa shape index (κ3) is 5.85. The summed E-state index contributed by atoms with van der Waals surface area (Å²) in [6.45, 7) is 6.24. The number of rotatable bonds is 7. The molecule has 2 rings (SSSR count). The molecule has 0 aliphatic carbocycles. The van der Waals surface area contributed by atoms with Gasteiger partial charge < -0.3 is 10.4 Å². The smallest absolute Gasteiger partial charge is 0.305 e. The average Bonchev–Trinajstić information content (AvgIpc) is 3.02. The van der Waals surface area contributed by atoms with Gasteiger partial charge in [0.05, 0.1) is 29.6 Å². The SMILES string of the molecule is CSc1ccc(C(CC(=O)O)NC(=O)Cc2csc(C(C)(C)C)n2)cc1. The van der Waals surface area contributed by atoms with Gasteiger partial charge in [-0.05, 0) is 24.0 Å². The molecule has 26 heavy (non-hydrogen) atoms. The van der Waals surface area contributed by atoms with E-state index in [1.54, 1.807) is 23.1 Å². The van der Waals surface area contributed by atoms with Crippen LogP contribution in [0.3, 0.4) is 0 Å². The lowest BCUT2D eigenvalue weighted by Crippen LogP contribution is -2.31. The summed E-state index contributed by atoms with van der Waals surface area (Å²) in [6.07, 6.45) is 1.96. The molecule has 1 unspecified atom stereocenters. The Hall–Kier alpha value is -1.86. The van der Waals surface area contributed by atoms with Crippen LogP contribution in [0.2, 0.25) is 0 Å². The minimum atomic E-state index is -0.951. The fourth-order valence-electron chi connectivity index (χ4n) is 2.41. The van der Waals surface area contributed by atoms with Crippen LogP contribution in [0.25, 0.3) is 0 Å². The summed E-state index contributed by atoms with van der Waals surface area (Å²) in [7, 11) is 0. The molecule has 2 aromatic rings. The maximum Gasteiger partial charge on any atom is 0.305 e. The van der Waals surface area contributed by atoms with Crippen molar-refractivity contribution in [1.29, 1.82) is 0 Å². The Morgan fingerprint density at radius 2 is 1.92 bits per heavy atom. The molecule has 1 amide bonds. The molecule has 1 atom stereocenters. The predicted octanol–water partition coefficient (Wildman–Crippen LogP) is 4.04. The molecule has 7 heteroatoms. The van der Waals surface area contributed by atoms with E-state index in [4.69, 9.17) is 0 Å². The van der Waals surface area contributed by atoms with Crippen LogP contribution < -0.4 is 5.32 Å². The zero-order chi connectivity index (χ0) is 19.3. The minimum absolute atomic E-state index is 0.0513. The second-order valence-corrected chi connectivity index (χ2v) is 8.80. The molecular formula is C19H24N2O3S2. The van der Waals surface area contributed by atoms with Gasteiger partial charge in [0.25, 0.3) is 0 Å². The van der Waals surface area contributed by atoms with Gasteiger partial charge in [-0.15, -0.1) is 23.1 Å². The van der Waals surface area contributed by atoms with Gasteiger partial charge in [-0.2, -0.15) is 0 Å². The third-order valence-electron chi connectivity index (χ3n) is 3.77. The number of nitrogens with zero attached hydrogens (tertiary/aromatic N) is 1. The van der Waals surface area contributed by atoms with Crippen LogP contribution in [0.5, 0.6) is 0 Å². The standard InChI is InChI=1S/C19H24N2O3S2/c1-19(2,3)18-20-13(11-26-18)9-16(22)21-15(10-17(23)24)12-5-7-14(25-4)8-6-12/h5-8,11,15H,9-10H2,1-4H3,(H,21,22)(H,23,24). The normalized spacial score (nSPS) is 12.6. The number of aromatic nitrogens is 1. The molecule has 0 bridgehead atoms. The van der Waals surface area contributed by atoms with Crippen LogP contribution in [-0.4, -0.2) is 28.2 Å². The Morgan fingerprint density at radius 3 is 2.42 bits per heavy atom. The molecule has 0 spiro atoms. The molecule has 0 saturated carbocycles. The van der Waals surface area contributed by atoms with Gasteiger partial charge >= 0.3 is 5.97 Å². The topological polar surface area (TPSA) is 79.3 Å². The van der Waals surface area contributed by atoms with Crippen LogP contribution >= 0.6 is 23.1 Å². The summed E-state index contributed by atoms with van der Waals surface area (Å²) < 4.78 is 0. The number of hydrogen-bond acceptors (Lipinski definition) is 5. The van der Waals surface area contributed by atoms with Gasteiger partial charge in [0.15, 0.2) is 0 Å². The summed E-state index contributed by atoms with van der Waals surface area (Å²) in [5.74, 6) is -1.18. The number of aliphatic carboxylic acids is 1. The second-order valence-electron chi connectivity index (χ2n) is 7.06. The molecule has 2 N–H and O–H groups in total. The first-order chi connectivity index (χ1) is 12.2. The predicted molar refractivity (Wildman–Crippen MR) is 106 cm³/mol. The van der Waals surface area contributed by atoms with E-state index in [9.17, 15) is 14.7 Å². The van der Waals surface area contributed by atoms with E-state index >= 15 is 0 Å². The van der Waals surface area contributed by atoms with Crippen molar-refractivity contribution >= 4 is 35.0 Å². The molecule has 140 valence electrons. The summed E-state index contributed by atoms with van der Waals surface area (Å²) >= 11 is 3.15. The largest absolute Gasteiger partial charge is 0.481 e. The zero-order valence-corrected chi connectivity index (χ0v) is 17.0. The first kappa shape index (κ1) is 20.5. The number of carbonyl (C=O) groups is 2. The maximum atomic E-state index is 12.4. The van der Waals surface area contributed by atoms with Gasteiger partial charge in [0, 0.05) is 15.7 Å². The maximum absolute atomic E-state index is 12.4. The van der Waals surface area contributed by atoms with Gasteiger partial charge in [0.1, 0.15) is 0 Å². The summed E-state index contributed by atoms with van der Waals surface area (Å²) in [4.78, 5) is 29.2. The van der Waals surface area contributed by atoms with Crippen molar-refractivity contribution in [2.75, 3.05) is 6.26 Å². The molecule has 0 aliphatic heterocycles. The molecule has 5 nitrogen and oxygen atoms in total. The van der Waals surface area contributed by atoms with Crippen LogP contribution in [-0.2, 0) is 21.4 Å². The fraction of sp³-hybridized carbons (Fsp3) is 0.421. The number of carbonyl (C=O) groups excluding carboxylic acids is 1. The van der Waals surface area contributed by atoms with Gasteiger partial charge in [0.2, 0.25) is 5.91 Å². The number of nitrogens with one attached hydrogen (secondary N) is 1. The van der Waals surface area contributed by atoms with E-state index in [2.05, 4.69) is 31.1 Å². The van der Waals surface area contributed by atoms with Crippen LogP contribution in [0, 0.1) is 0 Å². The number of hydrogen-bond donors (Lipinski definition) is 2. The highest BCUT2D eigenvalue weighted by Gasteiger charge is 2.21. The Kier molecular flexibility index (Phi) is 6.83. The summed E-state index contributed by atoms with van der Waals surface area (Å²) in [6, 6.07) is 7.02. The van der Waals surface area contributed by atoms with Crippen molar-refractivity contribution in [3.05, 3.63) is 45.9 Å². The lowest BCUT2D eigenvalue weighted by molar-refractivity contribution is -0.137. The fourth-order valence-corrected chi connectivity index (χ4v) is 3.72. The van der Waals surface area contributed by atoms with Crippen molar-refractivity contribution < 1.29 is 14.7 Å². The molecule has 0 radical (unpaired) electrons. The van der Waals surface area contributed by atoms with Gasteiger partial charge in [-0.1, -0.05) is 32.9 Å². The van der Waals surface area contributed by atoms with Crippen molar-refractivity contribution in [1.82, 2.24) is 10.3 Å². The molecule has 1 aromatic heterocycles. The lowest BCUT2D eigenvalue weighted by Gasteiger charge is -2.17. The van der Waals surface area contributed by atoms with Gasteiger partial charge in [-0.25, -0.2) is 4.98 Å². The van der Waals surface area contributed by atoms with Crippen LogP contribution in [0.4, 0.5) is 0 Å². The number of carboxylic acids is 1. The molecule has 0 fully saturated rings. The Bertz CT molecular complexity index is 764. The molecule has 0 saturated heterocycles. The minimum Gasteiger partial charge on any atom is -0.481 e. The Labute approximate surface area is 162 Å². The number of thiazole rings is 1. The molecular weight excluding hydrogens is 368 g/mol. The number of amides is 1. The Morgan fingerprint density at radius 1 is 1.27 bits per heavy atom. The van der Waals surface area contributed by atoms with Crippen molar-refractivity contribution in [2.24, 2.45) is 0 Å². The second kappa shape index (κ2) is 8.68. The van der Waals surface area contributed by atoms with Crippen LogP contribution in [0.1, 0.15) is 49.5 Å². The first-order valence-corrected chi connectivity index (χ1v) is 10.4. The van der Waals surface area contributed by atoms with Crippen molar-refractivity contribution in [3.63, 3.8) is 0 Å². The van der Waals surface area contributed by atoms with E-state index in [1.807, 2.05) is 35.9 Å². The van der Waals surface area contributed by atoms with Crippen LogP contribution in [0.15, 0.2) is 34.5 Å². The number of thioether (sulfide) groups is 1. The zero-order valence-electron chi connectivity index (χ0n) is 15.4. The Balaban J connectivity index is 2.08. The number of carboxylic acid groups (broad SMARTS) is 1. The number of benzene rings is 1. The molecule has 1 heterocycles. The molecule has 1 aromatic carbocycles. The van der Waals surface area contributed by atoms with E-state index in [-0.39, 0.29) is 24.2 Å². The van der Waals surface area contributed by atoms with Gasteiger partial charge in [-0.3, -0.25) is 9.59 Å². The van der Waals surface area contributed by atoms with E-state index < -0.39 is 12.0 Å². The highest BCUT2D eigenvalue weighted by atomic mass is 32.2. The highest BCUT2D eigenvalue weighted by Crippen LogP contribution is 2.26. The summed E-state index contributed by atoms with van der Waals surface area (Å²) in [5.41, 5.74) is 1.45. The van der Waals surface area contributed by atoms with E-state index in [0.29, 0.717) is 5.69 Å². The monoisotopic (exact) mass is 392 g/mol. The first-order valence-electron chi connectivity index (χ1n) is 8.29. The molecule has 0 aliphatic rings. The summed E-state index contributed by atoms with van der Waals surface area (Å²) in [5, 5.41) is 14.9. The highest BCUT2D eigenvalue weighted by molar-refractivity contribution is 7.98. The van der Waals surface area contributed by atoms with E-state index in [0.717, 1.165) is 15.5 Å². The van der Waals surface area contributed by atoms with Crippen molar-refractivity contribution in [3.8, 4) is 0 Å². The quantitative estimate of drug-likeness (QED) is 0.695. The third-order valence-corrected chi connectivity index (χ3v) is 5.83.